The van der Waals surface area contributed by atoms with Crippen LogP contribution in [0.15, 0.2) is 24.3 Å². The molecule has 1 aromatic rings. The number of rotatable bonds is 4. The van der Waals surface area contributed by atoms with Crippen molar-refractivity contribution < 1.29 is 13.2 Å². The van der Waals surface area contributed by atoms with Crippen LogP contribution in [-0.4, -0.2) is 31.1 Å². The minimum Gasteiger partial charge on any atom is -0.317 e. The smallest absolute Gasteiger partial charge is 0.317 e. The van der Waals surface area contributed by atoms with Crippen LogP contribution in [0.2, 0.25) is 0 Å². The summed E-state index contributed by atoms with van der Waals surface area (Å²) in [4.78, 5) is 2.34. The third-order valence-corrected chi connectivity index (χ3v) is 4.40. The second-order valence-electron chi connectivity index (χ2n) is 5.78. The predicted octanol–water partition coefficient (Wildman–Crippen LogP) is 3.53. The molecule has 5 heteroatoms. The molecule has 2 rings (SSSR count). The normalized spacial score (nSPS) is 24.2. The number of piperidine rings is 1. The van der Waals surface area contributed by atoms with Gasteiger partial charge in [0.15, 0.2) is 0 Å². The first-order valence-corrected chi connectivity index (χ1v) is 7.49. The Morgan fingerprint density at radius 3 is 2.43 bits per heavy atom. The van der Waals surface area contributed by atoms with Crippen molar-refractivity contribution in [3.8, 4) is 0 Å². The first-order chi connectivity index (χ1) is 9.94. The van der Waals surface area contributed by atoms with Gasteiger partial charge in [0.25, 0.3) is 0 Å². The van der Waals surface area contributed by atoms with E-state index in [0.717, 1.165) is 38.0 Å². The molecule has 1 aliphatic heterocycles. The molecule has 118 valence electrons. The molecule has 0 bridgehead atoms. The Bertz CT molecular complexity index is 442. The fourth-order valence-electron chi connectivity index (χ4n) is 3.10. The number of benzene rings is 1. The van der Waals surface area contributed by atoms with E-state index in [0.29, 0.717) is 12.0 Å². The number of hydrogen-bond acceptors (Lipinski definition) is 2. The fraction of sp³-hybridized carbons (Fsp3) is 0.625. The van der Waals surface area contributed by atoms with Crippen molar-refractivity contribution in [2.45, 2.75) is 38.5 Å². The average Bonchev–Trinajstić information content (AvgIpc) is 2.46. The molecule has 21 heavy (non-hydrogen) atoms. The molecule has 1 saturated heterocycles. The highest BCUT2D eigenvalue weighted by atomic mass is 19.4. The van der Waals surface area contributed by atoms with Gasteiger partial charge in [-0.15, -0.1) is 0 Å². The monoisotopic (exact) mass is 300 g/mol. The summed E-state index contributed by atoms with van der Waals surface area (Å²) in [6.45, 7) is 4.91. The number of alkyl halides is 3. The molecule has 2 nitrogen and oxygen atoms in total. The quantitative estimate of drug-likeness (QED) is 0.915. The highest BCUT2D eigenvalue weighted by molar-refractivity contribution is 5.24. The zero-order chi connectivity index (χ0) is 15.5. The summed E-state index contributed by atoms with van der Waals surface area (Å²) in [5.41, 5.74) is 0.368. The molecule has 2 atom stereocenters. The Hall–Kier alpha value is -1.07. The summed E-state index contributed by atoms with van der Waals surface area (Å²) in [5.74, 6) is 0.609. The molecule has 2 unspecified atom stereocenters. The van der Waals surface area contributed by atoms with Crippen LogP contribution in [-0.2, 0) is 12.7 Å². The van der Waals surface area contributed by atoms with Crippen LogP contribution in [0.4, 0.5) is 13.2 Å². The second-order valence-corrected chi connectivity index (χ2v) is 5.78. The Balaban J connectivity index is 1.96. The molecule has 0 aliphatic carbocycles. The van der Waals surface area contributed by atoms with E-state index in [9.17, 15) is 13.2 Å². The maximum Gasteiger partial charge on any atom is 0.416 e. The van der Waals surface area contributed by atoms with E-state index in [1.165, 1.54) is 12.1 Å². The Morgan fingerprint density at radius 2 is 1.90 bits per heavy atom. The van der Waals surface area contributed by atoms with Crippen molar-refractivity contribution in [1.29, 1.82) is 0 Å². The maximum atomic E-state index is 12.5. The number of likely N-dealkylation sites (tertiary alicyclic amines) is 1. The summed E-state index contributed by atoms with van der Waals surface area (Å²) >= 11 is 0. The molecule has 0 radical (unpaired) electrons. The van der Waals surface area contributed by atoms with Crippen LogP contribution >= 0.6 is 0 Å². The lowest BCUT2D eigenvalue weighted by Gasteiger charge is -2.38. The molecule has 0 aromatic heterocycles. The SMILES string of the molecule is CCC1CN(Cc2ccc(C(F)(F)F)cc2)CCC1NC. The van der Waals surface area contributed by atoms with Gasteiger partial charge in [-0.2, -0.15) is 13.2 Å². The third-order valence-electron chi connectivity index (χ3n) is 4.40. The fourth-order valence-corrected chi connectivity index (χ4v) is 3.10. The van der Waals surface area contributed by atoms with Crippen molar-refractivity contribution in [3.63, 3.8) is 0 Å². The zero-order valence-corrected chi connectivity index (χ0v) is 12.6. The van der Waals surface area contributed by atoms with E-state index in [-0.39, 0.29) is 0 Å². The van der Waals surface area contributed by atoms with E-state index in [1.807, 2.05) is 7.05 Å². The van der Waals surface area contributed by atoms with Gasteiger partial charge in [-0.05, 0) is 43.6 Å². The van der Waals surface area contributed by atoms with Crippen LogP contribution in [0, 0.1) is 5.92 Å². The molecule has 0 spiro atoms. The molecule has 1 N–H and O–H groups in total. The van der Waals surface area contributed by atoms with Crippen molar-refractivity contribution in [2.75, 3.05) is 20.1 Å². The van der Waals surface area contributed by atoms with Crippen molar-refractivity contribution in [3.05, 3.63) is 35.4 Å². The molecular formula is C16H23F3N2. The first-order valence-electron chi connectivity index (χ1n) is 7.49. The Kier molecular flexibility index (Phi) is 5.27. The molecule has 1 aromatic carbocycles. The van der Waals surface area contributed by atoms with Gasteiger partial charge in [0.05, 0.1) is 5.56 Å². The van der Waals surface area contributed by atoms with Crippen molar-refractivity contribution in [1.82, 2.24) is 10.2 Å². The standard InChI is InChI=1S/C16H23F3N2/c1-3-13-11-21(9-8-15(13)20-2)10-12-4-6-14(7-5-12)16(17,18)19/h4-7,13,15,20H,3,8-11H2,1-2H3. The van der Waals surface area contributed by atoms with E-state index in [1.54, 1.807) is 12.1 Å². The van der Waals surface area contributed by atoms with Gasteiger partial charge in [-0.25, -0.2) is 0 Å². The number of nitrogens with zero attached hydrogens (tertiary/aromatic N) is 1. The van der Waals surface area contributed by atoms with Crippen molar-refractivity contribution in [2.24, 2.45) is 5.92 Å². The van der Waals surface area contributed by atoms with Crippen LogP contribution < -0.4 is 5.32 Å². The van der Waals surface area contributed by atoms with E-state index >= 15 is 0 Å². The highest BCUT2D eigenvalue weighted by Gasteiger charge is 2.30. The predicted molar refractivity (Wildman–Crippen MR) is 78.0 cm³/mol. The molecule has 1 heterocycles. The maximum absolute atomic E-state index is 12.5. The number of halogens is 3. The lowest BCUT2D eigenvalue weighted by Crippen LogP contribution is -2.47. The third kappa shape index (κ3) is 4.20. The summed E-state index contributed by atoms with van der Waals surface area (Å²) in [7, 11) is 2.00. The van der Waals surface area contributed by atoms with Gasteiger partial charge in [0.2, 0.25) is 0 Å². The van der Waals surface area contributed by atoms with Gasteiger partial charge < -0.3 is 5.32 Å². The summed E-state index contributed by atoms with van der Waals surface area (Å²) in [6, 6.07) is 6.08. The zero-order valence-electron chi connectivity index (χ0n) is 12.6. The van der Waals surface area contributed by atoms with Gasteiger partial charge >= 0.3 is 6.18 Å². The number of nitrogens with one attached hydrogen (secondary N) is 1. The second kappa shape index (κ2) is 6.79. The minimum absolute atomic E-state index is 0.554. The molecular weight excluding hydrogens is 277 g/mol. The lowest BCUT2D eigenvalue weighted by atomic mass is 9.90. The average molecular weight is 300 g/mol. The molecule has 0 saturated carbocycles. The highest BCUT2D eigenvalue weighted by Crippen LogP contribution is 2.29. The molecule has 1 fully saturated rings. The van der Waals surface area contributed by atoms with Crippen LogP contribution in [0.5, 0.6) is 0 Å². The topological polar surface area (TPSA) is 15.3 Å². The van der Waals surface area contributed by atoms with Gasteiger partial charge in [-0.3, -0.25) is 4.90 Å². The minimum atomic E-state index is -4.25. The summed E-state index contributed by atoms with van der Waals surface area (Å²) < 4.78 is 37.6. The Morgan fingerprint density at radius 1 is 1.24 bits per heavy atom. The van der Waals surface area contributed by atoms with Crippen LogP contribution in [0.25, 0.3) is 0 Å². The van der Waals surface area contributed by atoms with E-state index < -0.39 is 11.7 Å². The van der Waals surface area contributed by atoms with E-state index in [4.69, 9.17) is 0 Å². The Labute approximate surface area is 124 Å². The lowest BCUT2D eigenvalue weighted by molar-refractivity contribution is -0.137. The number of hydrogen-bond donors (Lipinski definition) is 1. The van der Waals surface area contributed by atoms with Gasteiger partial charge in [0.1, 0.15) is 0 Å². The summed E-state index contributed by atoms with van der Waals surface area (Å²) in [6.07, 6.45) is -2.04. The molecule has 1 aliphatic rings. The molecule has 0 amide bonds. The van der Waals surface area contributed by atoms with Crippen LogP contribution in [0.3, 0.4) is 0 Å². The first kappa shape index (κ1) is 16.3. The van der Waals surface area contributed by atoms with E-state index in [2.05, 4.69) is 17.1 Å². The van der Waals surface area contributed by atoms with Gasteiger partial charge in [0, 0.05) is 19.1 Å². The van der Waals surface area contributed by atoms with Gasteiger partial charge in [-0.1, -0.05) is 25.5 Å². The van der Waals surface area contributed by atoms with Crippen LogP contribution in [0.1, 0.15) is 30.9 Å². The summed E-state index contributed by atoms with van der Waals surface area (Å²) in [5, 5.41) is 3.36. The largest absolute Gasteiger partial charge is 0.416 e. The van der Waals surface area contributed by atoms with Crippen molar-refractivity contribution >= 4 is 0 Å².